The first-order valence-corrected chi connectivity index (χ1v) is 8.01. The molecule has 1 N–H and O–H groups in total. The lowest BCUT2D eigenvalue weighted by atomic mass is 10.0. The number of nitrogens with zero attached hydrogens (tertiary/aromatic N) is 2. The Morgan fingerprint density at radius 1 is 1.30 bits per heavy atom. The molecule has 0 spiro atoms. The van der Waals surface area contributed by atoms with Gasteiger partial charge in [-0.2, -0.15) is 0 Å². The molecule has 1 aliphatic rings. The van der Waals surface area contributed by atoms with Crippen LogP contribution in [0.1, 0.15) is 30.1 Å². The van der Waals surface area contributed by atoms with E-state index < -0.39 is 0 Å². The van der Waals surface area contributed by atoms with Gasteiger partial charge in [0.1, 0.15) is 0 Å². The van der Waals surface area contributed by atoms with Gasteiger partial charge in [-0.1, -0.05) is 6.07 Å². The molecule has 0 aromatic heterocycles. The minimum atomic E-state index is -0.268. The highest BCUT2D eigenvalue weighted by Gasteiger charge is 2.24. The molecule has 2 amide bonds. The Morgan fingerprint density at radius 2 is 2.00 bits per heavy atom. The molecule has 126 valence electrons. The average Bonchev–Trinajstić information content (AvgIpc) is 2.55. The van der Waals surface area contributed by atoms with Gasteiger partial charge in [0, 0.05) is 44.5 Å². The smallest absolute Gasteiger partial charge is 0.409 e. The zero-order valence-corrected chi connectivity index (χ0v) is 14.0. The van der Waals surface area contributed by atoms with Crippen molar-refractivity contribution in [3.05, 3.63) is 29.8 Å². The Labute approximate surface area is 137 Å². The summed E-state index contributed by atoms with van der Waals surface area (Å²) in [6, 6.07) is 7.64. The fourth-order valence-corrected chi connectivity index (χ4v) is 2.62. The van der Waals surface area contributed by atoms with Gasteiger partial charge in [0.2, 0.25) is 0 Å². The van der Waals surface area contributed by atoms with Gasteiger partial charge in [-0.05, 0) is 38.0 Å². The van der Waals surface area contributed by atoms with Crippen LogP contribution in [0.2, 0.25) is 0 Å². The van der Waals surface area contributed by atoms with E-state index in [-0.39, 0.29) is 18.0 Å². The van der Waals surface area contributed by atoms with Gasteiger partial charge < -0.3 is 19.9 Å². The second-order valence-corrected chi connectivity index (χ2v) is 5.88. The van der Waals surface area contributed by atoms with E-state index in [9.17, 15) is 9.59 Å². The lowest BCUT2D eigenvalue weighted by Gasteiger charge is -2.31. The number of rotatable bonds is 4. The maximum absolute atomic E-state index is 12.4. The van der Waals surface area contributed by atoms with Crippen LogP contribution in [0.25, 0.3) is 0 Å². The molecular weight excluding hydrogens is 294 g/mol. The predicted molar refractivity (Wildman–Crippen MR) is 89.9 cm³/mol. The highest BCUT2D eigenvalue weighted by atomic mass is 16.6. The molecule has 0 radical (unpaired) electrons. The Kier molecular flexibility index (Phi) is 5.84. The molecule has 6 nitrogen and oxygen atoms in total. The zero-order chi connectivity index (χ0) is 16.8. The number of carbonyl (C=O) groups excluding carboxylic acids is 2. The number of nitrogens with one attached hydrogen (secondary N) is 1. The van der Waals surface area contributed by atoms with E-state index in [1.165, 1.54) is 0 Å². The van der Waals surface area contributed by atoms with Crippen LogP contribution in [0, 0.1) is 0 Å². The van der Waals surface area contributed by atoms with Crippen molar-refractivity contribution in [2.75, 3.05) is 38.7 Å². The largest absolute Gasteiger partial charge is 0.450 e. The summed E-state index contributed by atoms with van der Waals surface area (Å²) < 4.78 is 5.00. The third-order valence-corrected chi connectivity index (χ3v) is 3.98. The molecule has 1 aliphatic heterocycles. The summed E-state index contributed by atoms with van der Waals surface area (Å²) in [7, 11) is 3.89. The Morgan fingerprint density at radius 3 is 2.61 bits per heavy atom. The highest BCUT2D eigenvalue weighted by Crippen LogP contribution is 2.15. The van der Waals surface area contributed by atoms with Crippen LogP contribution in [0.3, 0.4) is 0 Å². The molecule has 2 rings (SSSR count). The summed E-state index contributed by atoms with van der Waals surface area (Å²) in [4.78, 5) is 27.7. The second-order valence-electron chi connectivity index (χ2n) is 5.88. The number of ether oxygens (including phenoxy) is 1. The quantitative estimate of drug-likeness (QED) is 0.923. The Bertz CT molecular complexity index is 552. The minimum Gasteiger partial charge on any atom is -0.450 e. The highest BCUT2D eigenvalue weighted by molar-refractivity contribution is 5.95. The van der Waals surface area contributed by atoms with Crippen molar-refractivity contribution in [3.63, 3.8) is 0 Å². The van der Waals surface area contributed by atoms with E-state index in [2.05, 4.69) is 5.32 Å². The number of piperidine rings is 1. The van der Waals surface area contributed by atoms with Gasteiger partial charge >= 0.3 is 6.09 Å². The van der Waals surface area contributed by atoms with Crippen molar-refractivity contribution >= 4 is 17.7 Å². The minimum absolute atomic E-state index is 0.0664. The Hall–Kier alpha value is -2.24. The zero-order valence-electron chi connectivity index (χ0n) is 14.0. The second kappa shape index (κ2) is 7.85. The van der Waals surface area contributed by atoms with Crippen LogP contribution in [0.5, 0.6) is 0 Å². The number of anilines is 1. The van der Waals surface area contributed by atoms with E-state index in [1.807, 2.05) is 43.3 Å². The number of carbonyl (C=O) groups is 2. The van der Waals surface area contributed by atoms with Crippen LogP contribution >= 0.6 is 0 Å². The van der Waals surface area contributed by atoms with Gasteiger partial charge in [-0.3, -0.25) is 4.79 Å². The van der Waals surface area contributed by atoms with Crippen molar-refractivity contribution in [3.8, 4) is 0 Å². The van der Waals surface area contributed by atoms with Gasteiger partial charge in [-0.25, -0.2) is 4.79 Å². The third kappa shape index (κ3) is 4.61. The number of likely N-dealkylation sites (tertiary alicyclic amines) is 1. The molecule has 23 heavy (non-hydrogen) atoms. The fourth-order valence-electron chi connectivity index (χ4n) is 2.62. The molecule has 0 atom stereocenters. The first-order valence-electron chi connectivity index (χ1n) is 8.01. The van der Waals surface area contributed by atoms with E-state index in [0.29, 0.717) is 25.3 Å². The maximum atomic E-state index is 12.4. The van der Waals surface area contributed by atoms with E-state index in [0.717, 1.165) is 18.5 Å². The van der Waals surface area contributed by atoms with Crippen LogP contribution in [-0.2, 0) is 4.74 Å². The van der Waals surface area contributed by atoms with E-state index in [4.69, 9.17) is 4.74 Å². The van der Waals surface area contributed by atoms with Crippen LogP contribution in [0.4, 0.5) is 10.5 Å². The summed E-state index contributed by atoms with van der Waals surface area (Å²) in [6.07, 6.45) is 1.23. The summed E-state index contributed by atoms with van der Waals surface area (Å²) in [5.74, 6) is -0.0664. The first-order chi connectivity index (χ1) is 11.0. The molecule has 0 unspecified atom stereocenters. The lowest BCUT2D eigenvalue weighted by molar-refractivity contribution is 0.0860. The van der Waals surface area contributed by atoms with Crippen molar-refractivity contribution in [2.24, 2.45) is 0 Å². The molecule has 1 aromatic carbocycles. The normalized spacial score (nSPS) is 15.2. The monoisotopic (exact) mass is 319 g/mol. The topological polar surface area (TPSA) is 61.9 Å². The summed E-state index contributed by atoms with van der Waals surface area (Å²) in [5.41, 5.74) is 1.65. The van der Waals surface area contributed by atoms with Gasteiger partial charge in [0.25, 0.3) is 5.91 Å². The third-order valence-electron chi connectivity index (χ3n) is 3.98. The maximum Gasteiger partial charge on any atom is 0.409 e. The SMILES string of the molecule is CCOC(=O)N1CCC(NC(=O)c2cccc(N(C)C)c2)CC1. The van der Waals surface area contributed by atoms with Crippen LogP contribution < -0.4 is 10.2 Å². The van der Waals surface area contributed by atoms with Crippen molar-refractivity contribution < 1.29 is 14.3 Å². The molecular formula is C17H25N3O3. The molecule has 0 aliphatic carbocycles. The molecule has 1 saturated heterocycles. The van der Waals surface area contributed by atoms with Gasteiger partial charge in [-0.15, -0.1) is 0 Å². The predicted octanol–water partition coefficient (Wildman–Crippen LogP) is 2.10. The van der Waals surface area contributed by atoms with E-state index >= 15 is 0 Å². The van der Waals surface area contributed by atoms with Gasteiger partial charge in [0.15, 0.2) is 0 Å². The van der Waals surface area contributed by atoms with Crippen LogP contribution in [0.15, 0.2) is 24.3 Å². The number of hydrogen-bond acceptors (Lipinski definition) is 4. The summed E-state index contributed by atoms with van der Waals surface area (Å²) in [5, 5.41) is 3.06. The molecule has 0 saturated carbocycles. The van der Waals surface area contributed by atoms with Crippen molar-refractivity contribution in [2.45, 2.75) is 25.8 Å². The van der Waals surface area contributed by atoms with E-state index in [1.54, 1.807) is 11.8 Å². The summed E-state index contributed by atoms with van der Waals surface area (Å²) >= 11 is 0. The van der Waals surface area contributed by atoms with Crippen LogP contribution in [-0.4, -0.2) is 56.7 Å². The molecule has 1 fully saturated rings. The first kappa shape index (κ1) is 17.1. The number of hydrogen-bond donors (Lipinski definition) is 1. The molecule has 6 heteroatoms. The van der Waals surface area contributed by atoms with Crippen molar-refractivity contribution in [1.82, 2.24) is 10.2 Å². The van der Waals surface area contributed by atoms with Gasteiger partial charge in [0.05, 0.1) is 6.61 Å². The average molecular weight is 319 g/mol. The number of amides is 2. The molecule has 1 aromatic rings. The number of benzene rings is 1. The van der Waals surface area contributed by atoms with Crippen molar-refractivity contribution in [1.29, 1.82) is 0 Å². The summed E-state index contributed by atoms with van der Waals surface area (Å²) in [6.45, 7) is 3.41. The fraction of sp³-hybridized carbons (Fsp3) is 0.529. The Balaban J connectivity index is 1.87. The standard InChI is InChI=1S/C17H25N3O3/c1-4-23-17(22)20-10-8-14(9-11-20)18-16(21)13-6-5-7-15(12-13)19(2)3/h5-7,12,14H,4,8-11H2,1-3H3,(H,18,21). The molecule has 1 heterocycles. The molecule has 0 bridgehead atoms. The lowest BCUT2D eigenvalue weighted by Crippen LogP contribution is -2.46.